The van der Waals surface area contributed by atoms with E-state index in [0.717, 1.165) is 6.54 Å². The normalized spacial score (nSPS) is 14.7. The first-order chi connectivity index (χ1) is 14.5. The van der Waals surface area contributed by atoms with Gasteiger partial charge >= 0.3 is 0 Å². The molecule has 2 aromatic heterocycles. The van der Waals surface area contributed by atoms with Gasteiger partial charge in [-0.15, -0.1) is 0 Å². The summed E-state index contributed by atoms with van der Waals surface area (Å²) in [6.07, 6.45) is 6.15. The van der Waals surface area contributed by atoms with Crippen LogP contribution in [0.1, 0.15) is 30.3 Å². The second kappa shape index (κ2) is 8.48. The molecule has 3 aromatic rings. The summed E-state index contributed by atoms with van der Waals surface area (Å²) in [6, 6.07) is 7.85. The summed E-state index contributed by atoms with van der Waals surface area (Å²) in [5, 5.41) is 11.3. The Kier molecular flexibility index (Phi) is 5.60. The number of halogens is 1. The maximum atomic E-state index is 13.9. The average Bonchev–Trinajstić information content (AvgIpc) is 3.43. The number of rotatable bonds is 5. The molecule has 0 bridgehead atoms. The number of nitrogens with zero attached hydrogens (tertiary/aromatic N) is 5. The minimum atomic E-state index is -0.407. The molecule has 0 unspecified atom stereocenters. The molecule has 1 aromatic carbocycles. The molecule has 1 aliphatic rings. The van der Waals surface area contributed by atoms with Crippen molar-refractivity contribution in [1.82, 2.24) is 24.5 Å². The highest BCUT2D eigenvalue weighted by molar-refractivity contribution is 5.94. The Morgan fingerprint density at radius 3 is 2.67 bits per heavy atom. The monoisotopic (exact) mass is 410 g/mol. The van der Waals surface area contributed by atoms with Crippen LogP contribution in [0.2, 0.25) is 0 Å². The van der Waals surface area contributed by atoms with E-state index in [1.54, 1.807) is 52.4 Å². The highest BCUT2D eigenvalue weighted by Crippen LogP contribution is 2.21. The van der Waals surface area contributed by atoms with Gasteiger partial charge in [-0.1, -0.05) is 12.1 Å². The Morgan fingerprint density at radius 1 is 1.20 bits per heavy atom. The third-order valence-electron chi connectivity index (χ3n) is 5.29. The summed E-state index contributed by atoms with van der Waals surface area (Å²) in [5.41, 5.74) is 1.23. The standard InChI is InChI=1S/C21H23FN6O2/c1-2-27-14-16(13-23-27)24-20(29)15-7-10-26(11-8-15)21(30)18-9-12-28(25-18)19-6-4-3-5-17(19)22/h3-6,9,12-15H,2,7-8,10-11H2,1H3,(H,24,29). The molecule has 8 nitrogen and oxygen atoms in total. The largest absolute Gasteiger partial charge is 0.337 e. The van der Waals surface area contributed by atoms with Crippen LogP contribution >= 0.6 is 0 Å². The van der Waals surface area contributed by atoms with Crippen molar-refractivity contribution in [2.75, 3.05) is 18.4 Å². The lowest BCUT2D eigenvalue weighted by molar-refractivity contribution is -0.121. The van der Waals surface area contributed by atoms with Gasteiger partial charge in [0, 0.05) is 37.9 Å². The van der Waals surface area contributed by atoms with E-state index >= 15 is 0 Å². The maximum absolute atomic E-state index is 13.9. The first-order valence-corrected chi connectivity index (χ1v) is 9.98. The van der Waals surface area contributed by atoms with E-state index < -0.39 is 5.82 Å². The molecular formula is C21H23FN6O2. The lowest BCUT2D eigenvalue weighted by Gasteiger charge is -2.30. The van der Waals surface area contributed by atoms with Crippen LogP contribution in [-0.4, -0.2) is 49.4 Å². The second-order valence-electron chi connectivity index (χ2n) is 7.24. The number of amides is 2. The summed E-state index contributed by atoms with van der Waals surface area (Å²) in [7, 11) is 0. The summed E-state index contributed by atoms with van der Waals surface area (Å²) in [4.78, 5) is 27.0. The van der Waals surface area contributed by atoms with Crippen LogP contribution in [0.5, 0.6) is 0 Å². The van der Waals surface area contributed by atoms with Gasteiger partial charge in [0.2, 0.25) is 5.91 Å². The number of carbonyl (C=O) groups is 2. The first kappa shape index (κ1) is 19.8. The van der Waals surface area contributed by atoms with E-state index in [0.29, 0.717) is 37.3 Å². The number of benzene rings is 1. The molecule has 0 saturated carbocycles. The van der Waals surface area contributed by atoms with Crippen molar-refractivity contribution in [2.24, 2.45) is 5.92 Å². The number of hydrogen-bond donors (Lipinski definition) is 1. The lowest BCUT2D eigenvalue weighted by atomic mass is 9.95. The SMILES string of the molecule is CCn1cc(NC(=O)C2CCN(C(=O)c3ccn(-c4ccccc4F)n3)CC2)cn1. The lowest BCUT2D eigenvalue weighted by Crippen LogP contribution is -2.41. The number of carbonyl (C=O) groups excluding carboxylic acids is 2. The van der Waals surface area contributed by atoms with Gasteiger partial charge in [0.05, 0.1) is 11.9 Å². The van der Waals surface area contributed by atoms with Gasteiger partial charge in [0.25, 0.3) is 5.91 Å². The summed E-state index contributed by atoms with van der Waals surface area (Å²) in [5.74, 6) is -0.833. The number of nitrogens with one attached hydrogen (secondary N) is 1. The van der Waals surface area contributed by atoms with E-state index in [1.165, 1.54) is 10.7 Å². The summed E-state index contributed by atoms with van der Waals surface area (Å²) < 4.78 is 17.0. The molecule has 2 amide bonds. The maximum Gasteiger partial charge on any atom is 0.274 e. The molecule has 0 radical (unpaired) electrons. The number of aromatic nitrogens is 4. The molecule has 1 fully saturated rings. The Balaban J connectivity index is 1.34. The fourth-order valence-electron chi connectivity index (χ4n) is 3.56. The van der Waals surface area contributed by atoms with Crippen LogP contribution in [-0.2, 0) is 11.3 Å². The number of anilines is 1. The van der Waals surface area contributed by atoms with E-state index in [9.17, 15) is 14.0 Å². The van der Waals surface area contributed by atoms with Crippen LogP contribution in [0.3, 0.4) is 0 Å². The van der Waals surface area contributed by atoms with Crippen LogP contribution < -0.4 is 5.32 Å². The molecule has 1 N–H and O–H groups in total. The van der Waals surface area contributed by atoms with Crippen molar-refractivity contribution in [3.8, 4) is 5.69 Å². The number of para-hydroxylation sites is 1. The molecule has 0 atom stereocenters. The van der Waals surface area contributed by atoms with E-state index in [2.05, 4.69) is 15.5 Å². The Bertz CT molecular complexity index is 1050. The van der Waals surface area contributed by atoms with Crippen molar-refractivity contribution in [3.63, 3.8) is 0 Å². The van der Waals surface area contributed by atoms with Gasteiger partial charge in [-0.25, -0.2) is 9.07 Å². The van der Waals surface area contributed by atoms with Gasteiger partial charge in [0.15, 0.2) is 5.69 Å². The van der Waals surface area contributed by atoms with Crippen molar-refractivity contribution < 1.29 is 14.0 Å². The minimum Gasteiger partial charge on any atom is -0.337 e. The molecule has 1 aliphatic heterocycles. The van der Waals surface area contributed by atoms with Gasteiger partial charge in [-0.05, 0) is 38.0 Å². The van der Waals surface area contributed by atoms with Crippen molar-refractivity contribution in [3.05, 3.63) is 60.4 Å². The number of aryl methyl sites for hydroxylation is 1. The minimum absolute atomic E-state index is 0.0541. The predicted octanol–water partition coefficient (Wildman–Crippen LogP) is 2.72. The van der Waals surface area contributed by atoms with E-state index in [-0.39, 0.29) is 23.4 Å². The zero-order chi connectivity index (χ0) is 21.1. The first-order valence-electron chi connectivity index (χ1n) is 9.98. The predicted molar refractivity (Wildman–Crippen MR) is 109 cm³/mol. The molecule has 156 valence electrons. The fraction of sp³-hybridized carbons (Fsp3) is 0.333. The number of likely N-dealkylation sites (tertiary alicyclic amines) is 1. The zero-order valence-electron chi connectivity index (χ0n) is 16.7. The van der Waals surface area contributed by atoms with Crippen LogP contribution in [0, 0.1) is 11.7 Å². The highest BCUT2D eigenvalue weighted by atomic mass is 19.1. The van der Waals surface area contributed by atoms with Gasteiger partial charge < -0.3 is 10.2 Å². The topological polar surface area (TPSA) is 85.0 Å². The molecule has 9 heteroatoms. The average molecular weight is 410 g/mol. The molecule has 0 aliphatic carbocycles. The highest BCUT2D eigenvalue weighted by Gasteiger charge is 2.29. The van der Waals surface area contributed by atoms with E-state index in [4.69, 9.17) is 0 Å². The van der Waals surface area contributed by atoms with Gasteiger partial charge in [-0.3, -0.25) is 14.3 Å². The zero-order valence-corrected chi connectivity index (χ0v) is 16.7. The van der Waals surface area contributed by atoms with Gasteiger partial charge in [-0.2, -0.15) is 10.2 Å². The Labute approximate surface area is 173 Å². The van der Waals surface area contributed by atoms with Crippen molar-refractivity contribution in [2.45, 2.75) is 26.3 Å². The quantitative estimate of drug-likeness (QED) is 0.701. The van der Waals surface area contributed by atoms with Crippen molar-refractivity contribution in [1.29, 1.82) is 0 Å². The van der Waals surface area contributed by atoms with Crippen LogP contribution in [0.25, 0.3) is 5.69 Å². The Morgan fingerprint density at radius 2 is 1.97 bits per heavy atom. The molecule has 1 saturated heterocycles. The number of hydrogen-bond acceptors (Lipinski definition) is 4. The smallest absolute Gasteiger partial charge is 0.274 e. The molecular weight excluding hydrogens is 387 g/mol. The molecule has 0 spiro atoms. The van der Waals surface area contributed by atoms with Crippen LogP contribution in [0.15, 0.2) is 48.9 Å². The Hall–Kier alpha value is -3.49. The second-order valence-corrected chi connectivity index (χ2v) is 7.24. The summed E-state index contributed by atoms with van der Waals surface area (Å²) >= 11 is 0. The van der Waals surface area contributed by atoms with Gasteiger partial charge in [0.1, 0.15) is 11.5 Å². The molecule has 4 rings (SSSR count). The van der Waals surface area contributed by atoms with Crippen molar-refractivity contribution >= 4 is 17.5 Å². The molecule has 3 heterocycles. The number of piperidine rings is 1. The third-order valence-corrected chi connectivity index (χ3v) is 5.29. The van der Waals surface area contributed by atoms with E-state index in [1.807, 2.05) is 6.92 Å². The summed E-state index contributed by atoms with van der Waals surface area (Å²) in [6.45, 7) is 3.66. The van der Waals surface area contributed by atoms with Crippen LogP contribution in [0.4, 0.5) is 10.1 Å². The molecule has 30 heavy (non-hydrogen) atoms. The fourth-order valence-corrected chi connectivity index (χ4v) is 3.56. The third kappa shape index (κ3) is 4.10.